The summed E-state index contributed by atoms with van der Waals surface area (Å²) < 4.78 is 9.46. The molecule has 15 heteroatoms. The lowest BCUT2D eigenvalue weighted by Crippen LogP contribution is -2.51. The van der Waals surface area contributed by atoms with E-state index < -0.39 is 30.3 Å². The van der Waals surface area contributed by atoms with Gasteiger partial charge in [-0.05, 0) is 66.7 Å². The average Bonchev–Trinajstić information content (AvgIpc) is 4.00. The summed E-state index contributed by atoms with van der Waals surface area (Å²) in [6.07, 6.45) is 3.19. The molecule has 5 rings (SSSR count). The number of likely N-dealkylation sites (tertiary alicyclic amines) is 2. The Balaban J connectivity index is 1.24. The number of benzene rings is 1. The zero-order valence-corrected chi connectivity index (χ0v) is 32.3. The van der Waals surface area contributed by atoms with E-state index in [1.165, 1.54) is 14.2 Å². The van der Waals surface area contributed by atoms with E-state index in [2.05, 4.69) is 61.2 Å². The van der Waals surface area contributed by atoms with E-state index in [9.17, 15) is 24.3 Å². The molecular formula is C40H50N8O7. The average molecular weight is 755 g/mol. The fourth-order valence-corrected chi connectivity index (χ4v) is 6.92. The van der Waals surface area contributed by atoms with E-state index in [0.717, 1.165) is 17.5 Å². The van der Waals surface area contributed by atoms with Crippen LogP contribution in [0.25, 0.3) is 0 Å². The Labute approximate surface area is 321 Å². The number of aliphatic hydroxyl groups is 1. The number of hydrogen-bond acceptors (Lipinski definition) is 9. The van der Waals surface area contributed by atoms with Gasteiger partial charge in [0.25, 0.3) is 0 Å². The Morgan fingerprint density at radius 2 is 1.20 bits per heavy atom. The van der Waals surface area contributed by atoms with Crippen molar-refractivity contribution in [3.8, 4) is 23.7 Å². The summed E-state index contributed by atoms with van der Waals surface area (Å²) in [5.74, 6) is 13.1. The smallest absolute Gasteiger partial charge is 0.407 e. The molecule has 6 atom stereocenters. The molecule has 6 unspecified atom stereocenters. The van der Waals surface area contributed by atoms with Crippen molar-refractivity contribution in [2.45, 2.75) is 71.6 Å². The van der Waals surface area contributed by atoms with Gasteiger partial charge in [-0.3, -0.25) is 9.59 Å². The summed E-state index contributed by atoms with van der Waals surface area (Å²) in [4.78, 5) is 70.1. The van der Waals surface area contributed by atoms with Gasteiger partial charge in [0.2, 0.25) is 11.8 Å². The summed E-state index contributed by atoms with van der Waals surface area (Å²) in [6.45, 7) is 10.3. The molecular weight excluding hydrogens is 704 g/mol. The minimum Gasteiger partial charge on any atom is -0.453 e. The first-order valence-corrected chi connectivity index (χ1v) is 18.5. The van der Waals surface area contributed by atoms with Crippen molar-refractivity contribution in [1.29, 1.82) is 0 Å². The van der Waals surface area contributed by atoms with Gasteiger partial charge in [-0.1, -0.05) is 46.5 Å². The number of nitrogens with one attached hydrogen (secondary N) is 4. The normalized spacial score (nSPS) is 20.3. The van der Waals surface area contributed by atoms with E-state index in [4.69, 9.17) is 9.47 Å². The monoisotopic (exact) mass is 754 g/mol. The standard InChI is InChI=1S/C40H50N8O7/c1-23(2)33(45-39(52)54-6)37(50)47-20-25(5)16-31(47)35-41-18-29(43-35)14-12-26-8-10-27(11-9-26)13-15-30-19-42-36(44-30)32-17-28(22-49)21-48(32)38(51)34(24(3)4)46-40(53)55-7/h8-11,18-19,23-25,28,31-34,49H,16-17,20-22H2,1-7H3,(H,41,43)(H,42,44)(H,45,52)(H,46,53). The number of alkyl carbamates (subject to hydrolysis) is 2. The Bertz CT molecular complexity index is 1960. The zero-order chi connectivity index (χ0) is 39.8. The first kappa shape index (κ1) is 40.4. The quantitative estimate of drug-likeness (QED) is 0.203. The fraction of sp³-hybridized carbons (Fsp3) is 0.500. The van der Waals surface area contributed by atoms with Crippen LogP contribution in [0.15, 0.2) is 36.7 Å². The van der Waals surface area contributed by atoms with Crippen LogP contribution < -0.4 is 10.6 Å². The van der Waals surface area contributed by atoms with Gasteiger partial charge in [-0.15, -0.1) is 0 Å². The molecule has 292 valence electrons. The summed E-state index contributed by atoms with van der Waals surface area (Å²) in [7, 11) is 2.52. The van der Waals surface area contributed by atoms with Crippen molar-refractivity contribution in [2.75, 3.05) is 33.9 Å². The highest BCUT2D eigenvalue weighted by molar-refractivity contribution is 5.87. The number of amides is 4. The number of carbonyl (C=O) groups excluding carboxylic acids is 4. The molecule has 0 radical (unpaired) electrons. The molecule has 5 N–H and O–H groups in total. The predicted octanol–water partition coefficient (Wildman–Crippen LogP) is 3.49. The minimum atomic E-state index is -0.794. The van der Waals surface area contributed by atoms with E-state index in [0.29, 0.717) is 42.5 Å². The van der Waals surface area contributed by atoms with Gasteiger partial charge in [-0.2, -0.15) is 0 Å². The maximum absolute atomic E-state index is 13.6. The number of aliphatic hydroxyl groups excluding tert-OH is 1. The molecule has 15 nitrogen and oxygen atoms in total. The van der Waals surface area contributed by atoms with Crippen molar-refractivity contribution < 1.29 is 33.8 Å². The maximum Gasteiger partial charge on any atom is 0.407 e. The molecule has 2 aliphatic heterocycles. The van der Waals surface area contributed by atoms with Crippen LogP contribution in [0.2, 0.25) is 0 Å². The molecule has 3 aromatic rings. The molecule has 2 saturated heterocycles. The summed E-state index contributed by atoms with van der Waals surface area (Å²) in [6, 6.07) is 5.28. The lowest BCUT2D eigenvalue weighted by Gasteiger charge is -2.30. The topological polar surface area (TPSA) is 195 Å². The Morgan fingerprint density at radius 1 is 0.764 bits per heavy atom. The van der Waals surface area contributed by atoms with Crippen LogP contribution in [-0.4, -0.2) is 105 Å². The minimum absolute atomic E-state index is 0.0771. The number of nitrogens with zero attached hydrogens (tertiary/aromatic N) is 4. The first-order valence-electron chi connectivity index (χ1n) is 18.5. The molecule has 0 spiro atoms. The lowest BCUT2D eigenvalue weighted by atomic mass is 10.0. The van der Waals surface area contributed by atoms with E-state index in [-0.39, 0.29) is 48.1 Å². The lowest BCUT2D eigenvalue weighted by molar-refractivity contribution is -0.136. The summed E-state index contributed by atoms with van der Waals surface area (Å²) >= 11 is 0. The third kappa shape index (κ3) is 9.85. The molecule has 0 bridgehead atoms. The largest absolute Gasteiger partial charge is 0.453 e. The van der Waals surface area contributed by atoms with Gasteiger partial charge in [0, 0.05) is 36.7 Å². The first-order chi connectivity index (χ1) is 26.3. The van der Waals surface area contributed by atoms with Gasteiger partial charge < -0.3 is 45.0 Å². The van der Waals surface area contributed by atoms with Crippen LogP contribution in [0, 0.1) is 47.4 Å². The fourth-order valence-electron chi connectivity index (χ4n) is 6.92. The van der Waals surface area contributed by atoms with Crippen LogP contribution in [0.4, 0.5) is 9.59 Å². The molecule has 4 amide bonds. The molecule has 2 aliphatic rings. The number of rotatable bonds is 9. The molecule has 1 aromatic carbocycles. The number of aromatic nitrogens is 4. The van der Waals surface area contributed by atoms with Gasteiger partial charge in [-0.25, -0.2) is 19.6 Å². The maximum atomic E-state index is 13.6. The van der Waals surface area contributed by atoms with Crippen molar-refractivity contribution >= 4 is 24.0 Å². The number of hydrogen-bond donors (Lipinski definition) is 5. The van der Waals surface area contributed by atoms with Crippen molar-refractivity contribution in [3.05, 3.63) is 70.8 Å². The van der Waals surface area contributed by atoms with Crippen molar-refractivity contribution in [2.24, 2.45) is 23.7 Å². The van der Waals surface area contributed by atoms with Gasteiger partial charge >= 0.3 is 12.2 Å². The molecule has 55 heavy (non-hydrogen) atoms. The van der Waals surface area contributed by atoms with Gasteiger partial charge in [0.1, 0.15) is 35.1 Å². The number of methoxy groups -OCH3 is 2. The second-order valence-corrected chi connectivity index (χ2v) is 14.8. The van der Waals surface area contributed by atoms with Gasteiger partial charge in [0.15, 0.2) is 0 Å². The van der Waals surface area contributed by atoms with E-state index >= 15 is 0 Å². The number of H-pyrrole nitrogens is 2. The zero-order valence-electron chi connectivity index (χ0n) is 32.3. The summed E-state index contributed by atoms with van der Waals surface area (Å²) in [5, 5.41) is 15.2. The molecule has 0 aliphatic carbocycles. The van der Waals surface area contributed by atoms with Crippen molar-refractivity contribution in [1.82, 2.24) is 40.4 Å². The van der Waals surface area contributed by atoms with Crippen LogP contribution in [-0.2, 0) is 19.1 Å². The third-order valence-corrected chi connectivity index (χ3v) is 9.90. The SMILES string of the molecule is COC(=O)NC(C(=O)N1CC(C)CC1c1ncc(C#Cc2ccc(C#Cc3cnc(C4CC(CO)CN4C(=O)C(NC(=O)OC)C(C)C)[nH]3)cc2)[nH]1)C(C)C. The number of aromatic amines is 2. The highest BCUT2D eigenvalue weighted by atomic mass is 16.5. The van der Waals surface area contributed by atoms with E-state index in [1.807, 2.05) is 52.0 Å². The second-order valence-electron chi connectivity index (χ2n) is 14.8. The Kier molecular flexibility index (Phi) is 13.2. The third-order valence-electron chi connectivity index (χ3n) is 9.90. The highest BCUT2D eigenvalue weighted by Gasteiger charge is 2.42. The Hall–Kier alpha value is -5.80. The molecule has 2 aromatic heterocycles. The molecule has 0 saturated carbocycles. The summed E-state index contributed by atoms with van der Waals surface area (Å²) in [5.41, 5.74) is 2.72. The van der Waals surface area contributed by atoms with Crippen LogP contribution in [0.3, 0.4) is 0 Å². The second kappa shape index (κ2) is 18.0. The number of ether oxygens (including phenoxy) is 2. The van der Waals surface area contributed by atoms with Gasteiger partial charge in [0.05, 0.1) is 38.7 Å². The van der Waals surface area contributed by atoms with Crippen LogP contribution >= 0.6 is 0 Å². The molecule has 4 heterocycles. The van der Waals surface area contributed by atoms with E-state index in [1.54, 1.807) is 22.2 Å². The number of imidazole rings is 2. The predicted molar refractivity (Wildman–Crippen MR) is 202 cm³/mol. The number of carbonyl (C=O) groups is 4. The van der Waals surface area contributed by atoms with Crippen molar-refractivity contribution in [3.63, 3.8) is 0 Å². The Morgan fingerprint density at radius 3 is 1.62 bits per heavy atom. The molecule has 2 fully saturated rings. The highest BCUT2D eigenvalue weighted by Crippen LogP contribution is 2.36. The van der Waals surface area contributed by atoms with Crippen LogP contribution in [0.1, 0.15) is 93.7 Å². The van der Waals surface area contributed by atoms with Crippen LogP contribution in [0.5, 0.6) is 0 Å².